The predicted molar refractivity (Wildman–Crippen MR) is 55.6 cm³/mol. The van der Waals surface area contributed by atoms with Crippen molar-refractivity contribution in [3.8, 4) is 0 Å². The molecule has 2 heterocycles. The third-order valence-corrected chi connectivity index (χ3v) is 5.03. The van der Waals surface area contributed by atoms with Gasteiger partial charge in [-0.1, -0.05) is 6.42 Å². The molecule has 0 saturated carbocycles. The Morgan fingerprint density at radius 1 is 1.18 bits per heavy atom. The van der Waals surface area contributed by atoms with Gasteiger partial charge >= 0.3 is 0 Å². The summed E-state index contributed by atoms with van der Waals surface area (Å²) in [6, 6.07) is 0. The van der Waals surface area contributed by atoms with Crippen LogP contribution in [0.3, 0.4) is 0 Å². The van der Waals surface area contributed by atoms with Crippen molar-refractivity contribution in [1.82, 2.24) is 0 Å². The van der Waals surface area contributed by atoms with Gasteiger partial charge in [0.05, 0.1) is 0 Å². The van der Waals surface area contributed by atoms with Gasteiger partial charge in [-0.3, -0.25) is 0 Å². The van der Waals surface area contributed by atoms with Crippen LogP contribution in [-0.2, 0) is 0 Å². The van der Waals surface area contributed by atoms with Crippen molar-refractivity contribution in [3.63, 3.8) is 0 Å². The minimum absolute atomic E-state index is 0.940. The number of thioether (sulfide) groups is 1. The lowest BCUT2D eigenvalue weighted by Gasteiger charge is -2.38. The average Bonchev–Trinajstić information content (AvgIpc) is 2.03. The van der Waals surface area contributed by atoms with Gasteiger partial charge in [-0.15, -0.1) is 0 Å². The highest BCUT2D eigenvalue weighted by Crippen LogP contribution is 2.43. The molecule has 0 aliphatic carbocycles. The van der Waals surface area contributed by atoms with Gasteiger partial charge in [0.25, 0.3) is 0 Å². The van der Waals surface area contributed by atoms with Gasteiger partial charge in [0.15, 0.2) is 0 Å². The van der Waals surface area contributed by atoms with Crippen molar-refractivity contribution in [2.24, 2.45) is 5.92 Å². The minimum Gasteiger partial charge on any atom is -0.179 e. The monoisotopic (exact) mass is 188 g/mol. The Bertz CT molecular complexity index is 124. The predicted octanol–water partition coefficient (Wildman–Crippen LogP) is 2.98. The van der Waals surface area contributed by atoms with Crippen molar-refractivity contribution < 1.29 is 0 Å². The first-order valence-electron chi connectivity index (χ1n) is 4.65. The minimum atomic E-state index is 0.940. The molecule has 0 aromatic rings. The average molecular weight is 188 g/mol. The molecule has 2 aliphatic heterocycles. The van der Waals surface area contributed by atoms with Gasteiger partial charge in [-0.05, 0) is 37.4 Å². The summed E-state index contributed by atoms with van der Waals surface area (Å²) in [5.41, 5.74) is 0. The smallest absolute Gasteiger partial charge is 0.00527 e. The Morgan fingerprint density at radius 2 is 1.82 bits per heavy atom. The summed E-state index contributed by atoms with van der Waals surface area (Å²) >= 11 is 6.66. The van der Waals surface area contributed by atoms with E-state index in [0.717, 1.165) is 22.2 Å². The Balaban J connectivity index is 1.94. The van der Waals surface area contributed by atoms with E-state index in [2.05, 4.69) is 24.4 Å². The van der Waals surface area contributed by atoms with Crippen LogP contribution >= 0.6 is 24.4 Å². The number of hydrogen-bond donors (Lipinski definition) is 1. The molecule has 0 aromatic carbocycles. The molecular weight excluding hydrogens is 172 g/mol. The molecule has 2 unspecified atom stereocenters. The van der Waals surface area contributed by atoms with Crippen LogP contribution in [0.25, 0.3) is 0 Å². The van der Waals surface area contributed by atoms with Crippen LogP contribution in [0.5, 0.6) is 0 Å². The second kappa shape index (κ2) is 3.61. The zero-order valence-electron chi connectivity index (χ0n) is 6.83. The highest BCUT2D eigenvalue weighted by Gasteiger charge is 2.31. The third kappa shape index (κ3) is 1.89. The molecule has 0 aromatic heterocycles. The van der Waals surface area contributed by atoms with Crippen LogP contribution in [0.4, 0.5) is 0 Å². The van der Waals surface area contributed by atoms with Crippen LogP contribution in [0, 0.1) is 5.92 Å². The summed E-state index contributed by atoms with van der Waals surface area (Å²) in [4.78, 5) is 0. The largest absolute Gasteiger partial charge is 0.179 e. The maximum atomic E-state index is 4.40. The van der Waals surface area contributed by atoms with Crippen LogP contribution in [0.1, 0.15) is 32.1 Å². The maximum Gasteiger partial charge on any atom is 0.00527 e. The second-order valence-electron chi connectivity index (χ2n) is 3.83. The molecule has 0 nitrogen and oxygen atoms in total. The highest BCUT2D eigenvalue weighted by molar-refractivity contribution is 8.00. The molecule has 0 radical (unpaired) electrons. The number of hydrogen-bond acceptors (Lipinski definition) is 2. The van der Waals surface area contributed by atoms with Crippen LogP contribution in [0.15, 0.2) is 0 Å². The summed E-state index contributed by atoms with van der Waals surface area (Å²) in [6.07, 6.45) is 7.34. The Hall–Kier alpha value is 0.700. The molecule has 11 heavy (non-hydrogen) atoms. The van der Waals surface area contributed by atoms with Gasteiger partial charge in [-0.2, -0.15) is 24.4 Å². The van der Waals surface area contributed by atoms with E-state index in [0.29, 0.717) is 0 Å². The Morgan fingerprint density at radius 3 is 2.36 bits per heavy atom. The summed E-state index contributed by atoms with van der Waals surface area (Å²) < 4.78 is 0. The Kier molecular flexibility index (Phi) is 2.73. The van der Waals surface area contributed by atoms with Crippen LogP contribution in [0.2, 0.25) is 0 Å². The van der Waals surface area contributed by atoms with Gasteiger partial charge in [0.1, 0.15) is 0 Å². The van der Waals surface area contributed by atoms with Crippen molar-refractivity contribution in [2.75, 3.05) is 5.75 Å². The molecule has 0 amide bonds. The molecule has 2 atom stereocenters. The number of thiol groups is 1. The van der Waals surface area contributed by atoms with E-state index in [4.69, 9.17) is 0 Å². The van der Waals surface area contributed by atoms with E-state index in [1.54, 1.807) is 0 Å². The first kappa shape index (κ1) is 8.31. The van der Waals surface area contributed by atoms with Crippen LogP contribution < -0.4 is 0 Å². The normalized spacial score (nSPS) is 43.9. The van der Waals surface area contributed by atoms with E-state index >= 15 is 0 Å². The lowest BCUT2D eigenvalue weighted by atomic mass is 9.91. The molecule has 2 saturated heterocycles. The lowest BCUT2D eigenvalue weighted by molar-refractivity contribution is 0.400. The lowest BCUT2D eigenvalue weighted by Crippen LogP contribution is -2.29. The fraction of sp³-hybridized carbons (Fsp3) is 1.00. The van der Waals surface area contributed by atoms with E-state index in [9.17, 15) is 0 Å². The second-order valence-corrected chi connectivity index (χ2v) is 5.80. The van der Waals surface area contributed by atoms with E-state index in [1.165, 1.54) is 32.1 Å². The topological polar surface area (TPSA) is 0 Å². The van der Waals surface area contributed by atoms with E-state index in [-0.39, 0.29) is 0 Å². The SMILES string of the molecule is SCC1CC2CCCC(C1)S2. The summed E-state index contributed by atoms with van der Waals surface area (Å²) in [5, 5.41) is 2.00. The van der Waals surface area contributed by atoms with Gasteiger partial charge in [0, 0.05) is 10.5 Å². The third-order valence-electron chi connectivity index (χ3n) is 2.89. The fourth-order valence-corrected chi connectivity index (χ4v) is 4.53. The first-order chi connectivity index (χ1) is 5.38. The quantitative estimate of drug-likeness (QED) is 0.617. The molecule has 0 N–H and O–H groups in total. The fourth-order valence-electron chi connectivity index (χ4n) is 2.32. The number of rotatable bonds is 1. The van der Waals surface area contributed by atoms with Crippen LogP contribution in [-0.4, -0.2) is 16.3 Å². The zero-order chi connectivity index (χ0) is 7.68. The van der Waals surface area contributed by atoms with E-state index < -0.39 is 0 Å². The van der Waals surface area contributed by atoms with E-state index in [1.807, 2.05) is 0 Å². The number of fused-ring (bicyclic) bond motifs is 2. The summed E-state index contributed by atoms with van der Waals surface area (Å²) in [7, 11) is 0. The molecule has 64 valence electrons. The van der Waals surface area contributed by atoms with Gasteiger partial charge in [-0.25, -0.2) is 0 Å². The highest BCUT2D eigenvalue weighted by atomic mass is 32.2. The molecule has 2 aliphatic rings. The first-order valence-corrected chi connectivity index (χ1v) is 6.22. The van der Waals surface area contributed by atoms with Crippen molar-refractivity contribution in [2.45, 2.75) is 42.6 Å². The zero-order valence-corrected chi connectivity index (χ0v) is 8.54. The Labute approximate surface area is 78.9 Å². The summed E-state index contributed by atoms with van der Waals surface area (Å²) in [5.74, 6) is 2.06. The maximum absolute atomic E-state index is 4.40. The summed E-state index contributed by atoms with van der Waals surface area (Å²) in [6.45, 7) is 0. The van der Waals surface area contributed by atoms with Crippen molar-refractivity contribution in [1.29, 1.82) is 0 Å². The molecular formula is C9H16S2. The molecule has 2 rings (SSSR count). The van der Waals surface area contributed by atoms with Gasteiger partial charge < -0.3 is 0 Å². The standard InChI is InChI=1S/C9H16S2/c10-6-7-4-8-2-1-3-9(5-7)11-8/h7-10H,1-6H2. The van der Waals surface area contributed by atoms with Gasteiger partial charge in [0.2, 0.25) is 0 Å². The molecule has 0 spiro atoms. The van der Waals surface area contributed by atoms with Crippen molar-refractivity contribution in [3.05, 3.63) is 0 Å². The molecule has 2 fully saturated rings. The molecule has 2 bridgehead atoms. The molecule has 2 heteroatoms. The van der Waals surface area contributed by atoms with Crippen molar-refractivity contribution >= 4 is 24.4 Å².